The van der Waals surface area contributed by atoms with Crippen molar-refractivity contribution in [1.29, 1.82) is 0 Å². The second kappa shape index (κ2) is 6.99. The molecule has 0 spiro atoms. The summed E-state index contributed by atoms with van der Waals surface area (Å²) in [5, 5.41) is 9.98. The number of amides is 1. The van der Waals surface area contributed by atoms with E-state index in [9.17, 15) is 4.79 Å². The molecule has 0 fully saturated rings. The summed E-state index contributed by atoms with van der Waals surface area (Å²) in [6.07, 6.45) is 0.301. The summed E-state index contributed by atoms with van der Waals surface area (Å²) >= 11 is 6.02. The monoisotopic (exact) mass is 309 g/mol. The van der Waals surface area contributed by atoms with Gasteiger partial charge in [0, 0.05) is 24.7 Å². The quantitative estimate of drug-likeness (QED) is 0.857. The van der Waals surface area contributed by atoms with Crippen molar-refractivity contribution in [2.75, 3.05) is 24.3 Å². The Morgan fingerprint density at radius 3 is 2.86 bits per heavy atom. The summed E-state index contributed by atoms with van der Waals surface area (Å²) in [5.41, 5.74) is 0.825. The number of nitrogens with one attached hydrogen (secondary N) is 2. The Kier molecular flexibility index (Phi) is 5.05. The Morgan fingerprint density at radius 1 is 1.43 bits per heavy atom. The Bertz CT molecular complexity index is 628. The van der Waals surface area contributed by atoms with Crippen LogP contribution in [0.15, 0.2) is 28.8 Å². The molecule has 0 saturated carbocycles. The molecule has 2 rings (SSSR count). The first kappa shape index (κ1) is 15.2. The number of rotatable bonds is 6. The van der Waals surface area contributed by atoms with E-state index in [1.54, 1.807) is 32.2 Å². The maximum absolute atomic E-state index is 11.7. The molecule has 1 amide bonds. The van der Waals surface area contributed by atoms with Crippen molar-refractivity contribution in [3.8, 4) is 5.75 Å². The molecule has 0 atom stereocenters. The average Bonchev–Trinajstić information content (AvgIpc) is 2.84. The van der Waals surface area contributed by atoms with Crippen LogP contribution in [0.25, 0.3) is 0 Å². The fourth-order valence-corrected chi connectivity index (χ4v) is 1.99. The highest BCUT2D eigenvalue weighted by Crippen LogP contribution is 2.27. The molecule has 7 heteroatoms. The summed E-state index contributed by atoms with van der Waals surface area (Å²) in [6, 6.07) is 7.01. The first-order chi connectivity index (χ1) is 10.1. The van der Waals surface area contributed by atoms with E-state index >= 15 is 0 Å². The second-order valence-corrected chi connectivity index (χ2v) is 4.80. The first-order valence-electron chi connectivity index (χ1n) is 6.39. The van der Waals surface area contributed by atoms with E-state index in [2.05, 4.69) is 15.8 Å². The zero-order valence-corrected chi connectivity index (χ0v) is 12.5. The van der Waals surface area contributed by atoms with Crippen LogP contribution in [0, 0.1) is 6.92 Å². The van der Waals surface area contributed by atoms with Crippen LogP contribution in [0.3, 0.4) is 0 Å². The molecular formula is C14H16ClN3O3. The summed E-state index contributed by atoms with van der Waals surface area (Å²) in [6.45, 7) is 2.24. The Hall–Kier alpha value is -2.21. The number of carbonyl (C=O) groups excluding carboxylic acids is 1. The van der Waals surface area contributed by atoms with Gasteiger partial charge in [0.15, 0.2) is 5.82 Å². The van der Waals surface area contributed by atoms with Crippen LogP contribution in [0.1, 0.15) is 12.2 Å². The molecule has 0 bridgehead atoms. The van der Waals surface area contributed by atoms with E-state index in [0.29, 0.717) is 35.3 Å². The summed E-state index contributed by atoms with van der Waals surface area (Å²) in [7, 11) is 1.56. The minimum Gasteiger partial charge on any atom is -0.495 e. The number of hydrogen-bond acceptors (Lipinski definition) is 5. The minimum atomic E-state index is -0.143. The predicted molar refractivity (Wildman–Crippen MR) is 81.0 cm³/mol. The lowest BCUT2D eigenvalue weighted by Crippen LogP contribution is -2.16. The van der Waals surface area contributed by atoms with Gasteiger partial charge in [-0.2, -0.15) is 0 Å². The molecule has 0 aliphatic carbocycles. The van der Waals surface area contributed by atoms with Gasteiger partial charge in [0.05, 0.1) is 12.1 Å². The van der Waals surface area contributed by atoms with Gasteiger partial charge in [-0.25, -0.2) is 0 Å². The Labute approximate surface area is 127 Å². The molecule has 0 saturated heterocycles. The lowest BCUT2D eigenvalue weighted by Gasteiger charge is -2.08. The third-order valence-corrected chi connectivity index (χ3v) is 3.02. The minimum absolute atomic E-state index is 0.143. The summed E-state index contributed by atoms with van der Waals surface area (Å²) < 4.78 is 9.94. The standard InChI is InChI=1S/C14H16ClN3O3/c1-9-7-13(18-21-9)17-14(19)5-6-16-10-3-4-12(20-2)11(15)8-10/h3-4,7-8,16H,5-6H2,1-2H3,(H,17,18,19). The van der Waals surface area contributed by atoms with Gasteiger partial charge in [0.2, 0.25) is 5.91 Å². The van der Waals surface area contributed by atoms with Crippen LogP contribution in [0.5, 0.6) is 5.75 Å². The number of methoxy groups -OCH3 is 1. The molecule has 2 N–H and O–H groups in total. The maximum atomic E-state index is 11.7. The molecule has 0 aliphatic heterocycles. The number of ether oxygens (including phenoxy) is 1. The lowest BCUT2D eigenvalue weighted by atomic mass is 10.3. The molecule has 1 aromatic heterocycles. The molecule has 1 heterocycles. The van der Waals surface area contributed by atoms with Gasteiger partial charge in [0.1, 0.15) is 11.5 Å². The van der Waals surface area contributed by atoms with Crippen molar-refractivity contribution in [2.24, 2.45) is 0 Å². The third-order valence-electron chi connectivity index (χ3n) is 2.73. The topological polar surface area (TPSA) is 76.4 Å². The second-order valence-electron chi connectivity index (χ2n) is 4.40. The highest BCUT2D eigenvalue weighted by Gasteiger charge is 2.06. The van der Waals surface area contributed by atoms with E-state index in [-0.39, 0.29) is 5.91 Å². The maximum Gasteiger partial charge on any atom is 0.227 e. The Balaban J connectivity index is 1.78. The van der Waals surface area contributed by atoms with Crippen LogP contribution < -0.4 is 15.4 Å². The van der Waals surface area contributed by atoms with Crippen molar-refractivity contribution in [3.63, 3.8) is 0 Å². The molecule has 0 aliphatic rings. The fraction of sp³-hybridized carbons (Fsp3) is 0.286. The number of hydrogen-bond donors (Lipinski definition) is 2. The van der Waals surface area contributed by atoms with Gasteiger partial charge in [-0.1, -0.05) is 16.8 Å². The van der Waals surface area contributed by atoms with Crippen molar-refractivity contribution < 1.29 is 14.1 Å². The average molecular weight is 310 g/mol. The highest BCUT2D eigenvalue weighted by atomic mass is 35.5. The smallest absolute Gasteiger partial charge is 0.227 e. The van der Waals surface area contributed by atoms with Gasteiger partial charge in [0.25, 0.3) is 0 Å². The van der Waals surface area contributed by atoms with E-state index in [4.69, 9.17) is 20.9 Å². The summed E-state index contributed by atoms with van der Waals surface area (Å²) in [4.78, 5) is 11.7. The van der Waals surface area contributed by atoms with Crippen LogP contribution in [-0.2, 0) is 4.79 Å². The fourth-order valence-electron chi connectivity index (χ4n) is 1.73. The molecule has 6 nitrogen and oxygen atoms in total. The first-order valence-corrected chi connectivity index (χ1v) is 6.77. The van der Waals surface area contributed by atoms with E-state index in [1.807, 2.05) is 6.07 Å². The number of nitrogens with zero attached hydrogens (tertiary/aromatic N) is 1. The van der Waals surface area contributed by atoms with Crippen molar-refractivity contribution in [1.82, 2.24) is 5.16 Å². The zero-order valence-electron chi connectivity index (χ0n) is 11.8. The molecule has 0 unspecified atom stereocenters. The third kappa shape index (κ3) is 4.39. The number of anilines is 2. The van der Waals surface area contributed by atoms with Gasteiger partial charge in [-0.3, -0.25) is 4.79 Å². The van der Waals surface area contributed by atoms with Crippen molar-refractivity contribution >= 4 is 29.0 Å². The van der Waals surface area contributed by atoms with Crippen molar-refractivity contribution in [3.05, 3.63) is 35.0 Å². The van der Waals surface area contributed by atoms with Crippen LogP contribution in [0.2, 0.25) is 5.02 Å². The van der Waals surface area contributed by atoms with Crippen LogP contribution in [-0.4, -0.2) is 24.7 Å². The molecule has 21 heavy (non-hydrogen) atoms. The molecular weight excluding hydrogens is 294 g/mol. The van der Waals surface area contributed by atoms with E-state index in [0.717, 1.165) is 5.69 Å². The largest absolute Gasteiger partial charge is 0.495 e. The molecule has 2 aromatic rings. The van der Waals surface area contributed by atoms with Gasteiger partial charge >= 0.3 is 0 Å². The van der Waals surface area contributed by atoms with E-state index < -0.39 is 0 Å². The zero-order chi connectivity index (χ0) is 15.2. The number of aryl methyl sites for hydroxylation is 1. The van der Waals surface area contributed by atoms with Crippen LogP contribution >= 0.6 is 11.6 Å². The Morgan fingerprint density at radius 2 is 2.24 bits per heavy atom. The van der Waals surface area contributed by atoms with E-state index in [1.165, 1.54) is 0 Å². The van der Waals surface area contributed by atoms with Crippen molar-refractivity contribution in [2.45, 2.75) is 13.3 Å². The normalized spacial score (nSPS) is 10.2. The lowest BCUT2D eigenvalue weighted by molar-refractivity contribution is -0.116. The molecule has 1 aromatic carbocycles. The summed E-state index contributed by atoms with van der Waals surface area (Å²) in [5.74, 6) is 1.54. The van der Waals surface area contributed by atoms with Crippen LogP contribution in [0.4, 0.5) is 11.5 Å². The molecule has 112 valence electrons. The number of benzene rings is 1. The van der Waals surface area contributed by atoms with Gasteiger partial charge in [-0.05, 0) is 25.1 Å². The SMILES string of the molecule is COc1ccc(NCCC(=O)Nc2cc(C)on2)cc1Cl. The molecule has 0 radical (unpaired) electrons. The van der Waals surface area contributed by atoms with Gasteiger partial charge in [-0.15, -0.1) is 0 Å². The number of aromatic nitrogens is 1. The predicted octanol–water partition coefficient (Wildman–Crippen LogP) is 3.09. The highest BCUT2D eigenvalue weighted by molar-refractivity contribution is 6.32. The number of carbonyl (C=O) groups is 1. The number of halogens is 1. The van der Waals surface area contributed by atoms with Gasteiger partial charge < -0.3 is 19.9 Å².